The van der Waals surface area contributed by atoms with Gasteiger partial charge in [-0.3, -0.25) is 9.36 Å². The van der Waals surface area contributed by atoms with Gasteiger partial charge in [0.15, 0.2) is 5.69 Å². The van der Waals surface area contributed by atoms with E-state index in [0.29, 0.717) is 11.6 Å². The first-order valence-corrected chi connectivity index (χ1v) is 9.14. The molecule has 8 heteroatoms. The maximum Gasteiger partial charge on any atom is 0.358 e. The second-order valence-corrected chi connectivity index (χ2v) is 6.92. The molecule has 0 unspecified atom stereocenters. The maximum absolute atomic E-state index is 12.5. The summed E-state index contributed by atoms with van der Waals surface area (Å²) >= 11 is 6.14. The third kappa shape index (κ3) is 4.09. The van der Waals surface area contributed by atoms with E-state index in [2.05, 4.69) is 4.98 Å². The number of carboxylic acids is 1. The molecule has 0 aliphatic rings. The molecule has 0 amide bonds. The summed E-state index contributed by atoms with van der Waals surface area (Å²) in [4.78, 5) is 29.9. The van der Waals surface area contributed by atoms with E-state index in [1.807, 2.05) is 48.5 Å². The first-order chi connectivity index (χ1) is 13.8. The maximum atomic E-state index is 12.5. The molecule has 0 aliphatic carbocycles. The van der Waals surface area contributed by atoms with Crippen LogP contribution in [-0.4, -0.2) is 34.8 Å². The summed E-state index contributed by atoms with van der Waals surface area (Å²) in [6.07, 6.45) is 0. The Kier molecular flexibility index (Phi) is 5.89. The van der Waals surface area contributed by atoms with Crippen molar-refractivity contribution in [3.8, 4) is 16.9 Å². The number of halogens is 1. The van der Waals surface area contributed by atoms with Gasteiger partial charge in [-0.05, 0) is 28.8 Å². The topological polar surface area (TPSA) is 84.7 Å². The summed E-state index contributed by atoms with van der Waals surface area (Å²) < 4.78 is 6.22. The van der Waals surface area contributed by atoms with Crippen LogP contribution in [0.25, 0.3) is 11.1 Å². The van der Waals surface area contributed by atoms with Crippen molar-refractivity contribution in [2.24, 2.45) is 7.05 Å². The van der Waals surface area contributed by atoms with Crippen molar-refractivity contribution in [2.75, 3.05) is 19.1 Å². The van der Waals surface area contributed by atoms with E-state index in [9.17, 15) is 14.7 Å². The lowest BCUT2D eigenvalue weighted by atomic mass is 9.99. The van der Waals surface area contributed by atoms with Gasteiger partial charge in [0.05, 0.1) is 7.11 Å². The van der Waals surface area contributed by atoms with Crippen LogP contribution in [0.1, 0.15) is 16.1 Å². The number of methoxy groups -OCH3 is 1. The predicted octanol–water partition coefficient (Wildman–Crippen LogP) is 3.44. The molecule has 0 saturated heterocycles. The lowest BCUT2D eigenvalue weighted by Gasteiger charge is -2.23. The second kappa shape index (κ2) is 8.36. The zero-order chi connectivity index (χ0) is 21.1. The van der Waals surface area contributed by atoms with Crippen LogP contribution in [0.15, 0.2) is 53.3 Å². The standard InChI is InChI=1S/C21H20ClN3O4/c1-24(21-23-17(20(27)28)18(29-3)19(26)25(21)2)12-14-7-4-5-10-16(14)13-8-6-9-15(22)11-13/h4-11H,12H2,1-3H3,(H,27,28). The van der Waals surface area contributed by atoms with Crippen LogP contribution in [0, 0.1) is 0 Å². The summed E-state index contributed by atoms with van der Waals surface area (Å²) in [5.41, 5.74) is 1.94. The summed E-state index contributed by atoms with van der Waals surface area (Å²) in [5.74, 6) is -1.40. The Morgan fingerprint density at radius 2 is 1.97 bits per heavy atom. The predicted molar refractivity (Wildman–Crippen MR) is 112 cm³/mol. The first-order valence-electron chi connectivity index (χ1n) is 8.76. The molecular formula is C21H20ClN3O4. The highest BCUT2D eigenvalue weighted by atomic mass is 35.5. The third-order valence-electron chi connectivity index (χ3n) is 4.53. The molecule has 2 aromatic carbocycles. The number of anilines is 1. The van der Waals surface area contributed by atoms with Crippen LogP contribution in [-0.2, 0) is 13.6 Å². The largest absolute Gasteiger partial charge is 0.489 e. The molecule has 0 radical (unpaired) electrons. The smallest absolute Gasteiger partial charge is 0.358 e. The van der Waals surface area contributed by atoms with Crippen molar-refractivity contribution in [3.63, 3.8) is 0 Å². The fourth-order valence-corrected chi connectivity index (χ4v) is 3.35. The molecule has 3 aromatic rings. The Morgan fingerprint density at radius 3 is 2.62 bits per heavy atom. The lowest BCUT2D eigenvalue weighted by molar-refractivity contribution is 0.0685. The molecule has 1 heterocycles. The summed E-state index contributed by atoms with van der Waals surface area (Å²) in [7, 11) is 4.52. The number of hydrogen-bond acceptors (Lipinski definition) is 5. The van der Waals surface area contributed by atoms with Crippen molar-refractivity contribution >= 4 is 23.5 Å². The van der Waals surface area contributed by atoms with E-state index in [4.69, 9.17) is 16.3 Å². The van der Waals surface area contributed by atoms with Crippen molar-refractivity contribution < 1.29 is 14.6 Å². The molecule has 0 fully saturated rings. The minimum atomic E-state index is -1.33. The molecule has 1 N–H and O–H groups in total. The summed E-state index contributed by atoms with van der Waals surface area (Å²) in [6, 6.07) is 15.3. The number of carbonyl (C=O) groups is 1. The van der Waals surface area contributed by atoms with Gasteiger partial charge in [0.2, 0.25) is 11.7 Å². The van der Waals surface area contributed by atoms with E-state index in [1.165, 1.54) is 18.7 Å². The normalized spacial score (nSPS) is 10.6. The Balaban J connectivity index is 2.03. The van der Waals surface area contributed by atoms with Crippen LogP contribution in [0.2, 0.25) is 5.02 Å². The Morgan fingerprint density at radius 1 is 1.24 bits per heavy atom. The van der Waals surface area contributed by atoms with Crippen LogP contribution in [0.5, 0.6) is 5.75 Å². The van der Waals surface area contributed by atoms with Crippen molar-refractivity contribution in [3.05, 3.63) is 75.2 Å². The van der Waals surface area contributed by atoms with E-state index in [1.54, 1.807) is 11.9 Å². The fourth-order valence-electron chi connectivity index (χ4n) is 3.16. The molecule has 29 heavy (non-hydrogen) atoms. The summed E-state index contributed by atoms with van der Waals surface area (Å²) in [5, 5.41) is 10.0. The second-order valence-electron chi connectivity index (χ2n) is 6.49. The number of hydrogen-bond donors (Lipinski definition) is 1. The molecule has 7 nitrogen and oxygen atoms in total. The van der Waals surface area contributed by atoms with Gasteiger partial charge in [-0.1, -0.05) is 48.0 Å². The van der Waals surface area contributed by atoms with E-state index in [-0.39, 0.29) is 11.7 Å². The van der Waals surface area contributed by atoms with Gasteiger partial charge in [-0.25, -0.2) is 9.78 Å². The van der Waals surface area contributed by atoms with E-state index < -0.39 is 17.2 Å². The number of carboxylic acid groups (broad SMARTS) is 1. The number of nitrogens with zero attached hydrogens (tertiary/aromatic N) is 3. The Labute approximate surface area is 172 Å². The number of aromatic carboxylic acids is 1. The van der Waals surface area contributed by atoms with Gasteiger partial charge in [0.1, 0.15) is 0 Å². The quantitative estimate of drug-likeness (QED) is 0.666. The highest BCUT2D eigenvalue weighted by Crippen LogP contribution is 2.27. The molecule has 3 rings (SSSR count). The number of ether oxygens (including phenoxy) is 1. The number of aromatic nitrogens is 2. The zero-order valence-electron chi connectivity index (χ0n) is 16.2. The van der Waals surface area contributed by atoms with Gasteiger partial charge in [-0.2, -0.15) is 0 Å². The van der Waals surface area contributed by atoms with Crippen LogP contribution in [0.4, 0.5) is 5.95 Å². The zero-order valence-corrected chi connectivity index (χ0v) is 17.0. The summed E-state index contributed by atoms with van der Waals surface area (Å²) in [6.45, 7) is 0.397. The van der Waals surface area contributed by atoms with Gasteiger partial charge in [0.25, 0.3) is 5.56 Å². The number of rotatable bonds is 6. The molecular weight excluding hydrogens is 394 g/mol. The van der Waals surface area contributed by atoms with Crippen LogP contribution >= 0.6 is 11.6 Å². The Bertz CT molecular complexity index is 1130. The van der Waals surface area contributed by atoms with E-state index >= 15 is 0 Å². The molecule has 0 aliphatic heterocycles. The average Bonchev–Trinajstić information content (AvgIpc) is 2.70. The fraction of sp³-hybridized carbons (Fsp3) is 0.190. The first kappa shape index (κ1) is 20.4. The van der Waals surface area contributed by atoms with Crippen molar-refractivity contribution in [2.45, 2.75) is 6.54 Å². The van der Waals surface area contributed by atoms with Gasteiger partial charge in [0, 0.05) is 25.7 Å². The molecule has 150 valence electrons. The third-order valence-corrected chi connectivity index (χ3v) is 4.77. The molecule has 0 atom stereocenters. The average molecular weight is 414 g/mol. The van der Waals surface area contributed by atoms with E-state index in [0.717, 1.165) is 16.7 Å². The van der Waals surface area contributed by atoms with Crippen molar-refractivity contribution in [1.82, 2.24) is 9.55 Å². The molecule has 0 bridgehead atoms. The van der Waals surface area contributed by atoms with Gasteiger partial charge >= 0.3 is 5.97 Å². The Hall–Kier alpha value is -3.32. The molecule has 1 aromatic heterocycles. The number of benzene rings is 2. The van der Waals surface area contributed by atoms with Gasteiger partial charge in [-0.15, -0.1) is 0 Å². The van der Waals surface area contributed by atoms with Crippen LogP contribution in [0.3, 0.4) is 0 Å². The highest BCUT2D eigenvalue weighted by molar-refractivity contribution is 6.30. The SMILES string of the molecule is COc1c(C(=O)O)nc(N(C)Cc2ccccc2-c2cccc(Cl)c2)n(C)c1=O. The molecule has 0 saturated carbocycles. The minimum absolute atomic E-state index is 0.217. The monoisotopic (exact) mass is 413 g/mol. The minimum Gasteiger partial charge on any atom is -0.489 e. The van der Waals surface area contributed by atoms with Crippen molar-refractivity contribution in [1.29, 1.82) is 0 Å². The lowest BCUT2D eigenvalue weighted by Crippen LogP contribution is -2.31. The van der Waals surface area contributed by atoms with Gasteiger partial charge < -0.3 is 14.7 Å². The highest BCUT2D eigenvalue weighted by Gasteiger charge is 2.22. The van der Waals surface area contributed by atoms with Crippen LogP contribution < -0.4 is 15.2 Å². The molecule has 0 spiro atoms.